The second-order valence-electron chi connectivity index (χ2n) is 6.52. The number of ether oxygens (including phenoxy) is 3. The normalized spacial score (nSPS) is 11.9. The van der Waals surface area contributed by atoms with Crippen LogP contribution >= 0.6 is 0 Å². The molecule has 5 nitrogen and oxygen atoms in total. The second kappa shape index (κ2) is 8.14. The Morgan fingerprint density at radius 1 is 0.862 bits per heavy atom. The van der Waals surface area contributed by atoms with Crippen molar-refractivity contribution in [2.45, 2.75) is 12.8 Å². The van der Waals surface area contributed by atoms with E-state index in [-0.39, 0.29) is 25.0 Å². The van der Waals surface area contributed by atoms with Crippen molar-refractivity contribution in [1.29, 1.82) is 0 Å². The maximum atomic E-state index is 13.0. The molecule has 0 amide bonds. The molecule has 0 spiro atoms. The molecule has 1 aliphatic heterocycles. The number of rotatable bonds is 6. The number of esters is 1. The van der Waals surface area contributed by atoms with E-state index >= 15 is 0 Å². The van der Waals surface area contributed by atoms with Crippen molar-refractivity contribution in [3.05, 3.63) is 89.2 Å². The van der Waals surface area contributed by atoms with Crippen LogP contribution in [0.15, 0.2) is 66.7 Å². The van der Waals surface area contributed by atoms with E-state index < -0.39 is 5.82 Å². The van der Waals surface area contributed by atoms with Gasteiger partial charge in [-0.15, -0.1) is 0 Å². The number of hydrogen-bond acceptors (Lipinski definition) is 5. The van der Waals surface area contributed by atoms with Crippen LogP contribution in [0.4, 0.5) is 4.39 Å². The number of carbonyl (C=O) groups is 2. The van der Waals surface area contributed by atoms with Gasteiger partial charge < -0.3 is 14.2 Å². The number of aryl methyl sites for hydroxylation is 1. The molecule has 29 heavy (non-hydrogen) atoms. The molecule has 1 heterocycles. The molecule has 0 aliphatic carbocycles. The van der Waals surface area contributed by atoms with Gasteiger partial charge in [0.15, 0.2) is 17.3 Å². The Morgan fingerprint density at radius 2 is 1.52 bits per heavy atom. The van der Waals surface area contributed by atoms with E-state index in [2.05, 4.69) is 0 Å². The molecule has 0 saturated carbocycles. The molecule has 0 aromatic heterocycles. The lowest BCUT2D eigenvalue weighted by Crippen LogP contribution is -2.09. The van der Waals surface area contributed by atoms with Crippen LogP contribution in [0, 0.1) is 5.82 Å². The summed E-state index contributed by atoms with van der Waals surface area (Å²) in [6.07, 6.45) is 0.715. The third-order valence-corrected chi connectivity index (χ3v) is 4.51. The van der Waals surface area contributed by atoms with E-state index in [9.17, 15) is 14.0 Å². The van der Waals surface area contributed by atoms with E-state index in [1.807, 2.05) is 18.2 Å². The third-order valence-electron chi connectivity index (χ3n) is 4.51. The van der Waals surface area contributed by atoms with E-state index in [0.29, 0.717) is 34.8 Å². The zero-order chi connectivity index (χ0) is 20.2. The first-order valence-electron chi connectivity index (χ1n) is 9.08. The summed E-state index contributed by atoms with van der Waals surface area (Å²) in [5.41, 5.74) is 1.77. The highest BCUT2D eigenvalue weighted by Crippen LogP contribution is 2.32. The first-order chi connectivity index (χ1) is 14.1. The van der Waals surface area contributed by atoms with E-state index in [0.717, 1.165) is 5.56 Å². The van der Waals surface area contributed by atoms with Crippen LogP contribution in [0.25, 0.3) is 0 Å². The summed E-state index contributed by atoms with van der Waals surface area (Å²) >= 11 is 0. The van der Waals surface area contributed by atoms with Gasteiger partial charge in [0.25, 0.3) is 0 Å². The Balaban J connectivity index is 1.33. The molecule has 3 aromatic rings. The maximum Gasteiger partial charge on any atom is 0.311 e. The van der Waals surface area contributed by atoms with Crippen LogP contribution in [-0.4, -0.2) is 18.5 Å². The van der Waals surface area contributed by atoms with Crippen LogP contribution < -0.4 is 14.2 Å². The lowest BCUT2D eigenvalue weighted by Gasteiger charge is -2.06. The van der Waals surface area contributed by atoms with Crippen molar-refractivity contribution in [3.8, 4) is 17.2 Å². The highest BCUT2D eigenvalue weighted by Gasteiger charge is 2.14. The second-order valence-corrected chi connectivity index (χ2v) is 6.52. The summed E-state index contributed by atoms with van der Waals surface area (Å²) in [7, 11) is 0. The number of carbonyl (C=O) groups excluding carboxylic acids is 2. The topological polar surface area (TPSA) is 61.8 Å². The van der Waals surface area contributed by atoms with Crippen molar-refractivity contribution in [1.82, 2.24) is 0 Å². The summed E-state index contributed by atoms with van der Waals surface area (Å²) < 4.78 is 28.9. The quantitative estimate of drug-likeness (QED) is 0.355. The highest BCUT2D eigenvalue weighted by molar-refractivity contribution is 6.09. The first-order valence-corrected chi connectivity index (χ1v) is 9.08. The van der Waals surface area contributed by atoms with E-state index in [1.54, 1.807) is 24.3 Å². The number of benzene rings is 3. The van der Waals surface area contributed by atoms with Crippen molar-refractivity contribution >= 4 is 11.8 Å². The fraction of sp³-hybridized carbons (Fsp3) is 0.130. The maximum absolute atomic E-state index is 13.0. The molecule has 0 bridgehead atoms. The Labute approximate surface area is 166 Å². The molecule has 3 aromatic carbocycles. The van der Waals surface area contributed by atoms with Gasteiger partial charge in [0, 0.05) is 17.5 Å². The molecule has 0 N–H and O–H groups in total. The minimum Gasteiger partial charge on any atom is -0.454 e. The summed E-state index contributed by atoms with van der Waals surface area (Å²) in [6, 6.07) is 17.2. The Bertz CT molecular complexity index is 1040. The molecule has 0 fully saturated rings. The predicted molar refractivity (Wildman–Crippen MR) is 103 cm³/mol. The SMILES string of the molecule is O=C(CCc1ccc2c(c1)OCO2)Oc1ccc(C(=O)c2ccc(F)cc2)cc1. The molecule has 0 radical (unpaired) electrons. The van der Waals surface area contributed by atoms with E-state index in [1.165, 1.54) is 24.3 Å². The van der Waals surface area contributed by atoms with Crippen LogP contribution in [0.2, 0.25) is 0 Å². The van der Waals surface area contributed by atoms with Gasteiger partial charge in [-0.05, 0) is 72.6 Å². The van der Waals surface area contributed by atoms with Gasteiger partial charge in [-0.3, -0.25) is 9.59 Å². The molecule has 146 valence electrons. The number of ketones is 1. The molecule has 0 saturated heterocycles. The molecular formula is C23H17FO5. The average molecular weight is 392 g/mol. The zero-order valence-corrected chi connectivity index (χ0v) is 15.4. The summed E-state index contributed by atoms with van der Waals surface area (Å²) in [5, 5.41) is 0. The minimum absolute atomic E-state index is 0.204. The van der Waals surface area contributed by atoms with Gasteiger partial charge >= 0.3 is 5.97 Å². The Morgan fingerprint density at radius 3 is 2.24 bits per heavy atom. The summed E-state index contributed by atoms with van der Waals surface area (Å²) in [6.45, 7) is 0.209. The van der Waals surface area contributed by atoms with Crippen LogP contribution in [0.3, 0.4) is 0 Å². The van der Waals surface area contributed by atoms with E-state index in [4.69, 9.17) is 14.2 Å². The van der Waals surface area contributed by atoms with Crippen molar-refractivity contribution in [2.24, 2.45) is 0 Å². The summed E-state index contributed by atoms with van der Waals surface area (Å²) in [5.74, 6) is 0.732. The van der Waals surface area contributed by atoms with Gasteiger partial charge in [0.2, 0.25) is 6.79 Å². The number of halogens is 1. The number of fused-ring (bicyclic) bond motifs is 1. The average Bonchev–Trinajstić information content (AvgIpc) is 3.21. The molecular weight excluding hydrogens is 375 g/mol. The molecule has 4 rings (SSSR count). The standard InChI is InChI=1S/C23H17FO5/c24-18-7-3-16(4-8-18)23(26)17-5-9-19(10-6-17)29-22(25)12-2-15-1-11-20-21(13-15)28-14-27-20/h1,3-11,13H,2,12,14H2. The van der Waals surface area contributed by atoms with Crippen LogP contribution in [-0.2, 0) is 11.2 Å². The molecule has 1 aliphatic rings. The summed E-state index contributed by atoms with van der Waals surface area (Å²) in [4.78, 5) is 24.5. The van der Waals surface area contributed by atoms with Crippen LogP contribution in [0.5, 0.6) is 17.2 Å². The third kappa shape index (κ3) is 4.43. The van der Waals surface area contributed by atoms with Gasteiger partial charge in [0.05, 0.1) is 0 Å². The van der Waals surface area contributed by atoms with Crippen molar-refractivity contribution in [3.63, 3.8) is 0 Å². The fourth-order valence-electron chi connectivity index (χ4n) is 2.97. The van der Waals surface area contributed by atoms with Gasteiger partial charge in [-0.2, -0.15) is 0 Å². The molecule has 0 atom stereocenters. The predicted octanol–water partition coefficient (Wildman–Crippen LogP) is 4.32. The van der Waals surface area contributed by atoms with Gasteiger partial charge in [-0.1, -0.05) is 6.07 Å². The fourth-order valence-corrected chi connectivity index (χ4v) is 2.97. The Kier molecular flexibility index (Phi) is 5.24. The highest BCUT2D eigenvalue weighted by atomic mass is 19.1. The van der Waals surface area contributed by atoms with Gasteiger partial charge in [-0.25, -0.2) is 4.39 Å². The lowest BCUT2D eigenvalue weighted by atomic mass is 10.0. The van der Waals surface area contributed by atoms with Crippen LogP contribution in [0.1, 0.15) is 27.9 Å². The Hall–Kier alpha value is -3.67. The lowest BCUT2D eigenvalue weighted by molar-refractivity contribution is -0.134. The van der Waals surface area contributed by atoms with Crippen molar-refractivity contribution in [2.75, 3.05) is 6.79 Å². The zero-order valence-electron chi connectivity index (χ0n) is 15.4. The monoisotopic (exact) mass is 392 g/mol. The minimum atomic E-state index is -0.399. The van der Waals surface area contributed by atoms with Crippen molar-refractivity contribution < 1.29 is 28.2 Å². The largest absolute Gasteiger partial charge is 0.454 e. The first kappa shape index (κ1) is 18.7. The smallest absolute Gasteiger partial charge is 0.311 e. The molecule has 0 unspecified atom stereocenters. The number of hydrogen-bond donors (Lipinski definition) is 0. The molecule has 6 heteroatoms. The van der Waals surface area contributed by atoms with Gasteiger partial charge in [0.1, 0.15) is 11.6 Å².